The number of aromatic nitrogens is 1. The zero-order valence-corrected chi connectivity index (χ0v) is 9.09. The highest BCUT2D eigenvalue weighted by molar-refractivity contribution is 6.16. The van der Waals surface area contributed by atoms with E-state index in [0.29, 0.717) is 11.8 Å². The predicted octanol–water partition coefficient (Wildman–Crippen LogP) is 3.54. The monoisotopic (exact) mass is 213 g/mol. The minimum Gasteiger partial charge on any atom is -0.444 e. The highest BCUT2D eigenvalue weighted by atomic mass is 35.5. The first kappa shape index (κ1) is 10.0. The van der Waals surface area contributed by atoms with Crippen LogP contribution in [0.3, 0.4) is 0 Å². The van der Waals surface area contributed by atoms with Gasteiger partial charge in [-0.25, -0.2) is 4.98 Å². The lowest BCUT2D eigenvalue weighted by Crippen LogP contribution is -2.08. The Labute approximate surface area is 89.7 Å². The van der Waals surface area contributed by atoms with E-state index in [1.807, 2.05) is 6.20 Å². The van der Waals surface area contributed by atoms with Gasteiger partial charge in [0.15, 0.2) is 0 Å². The van der Waals surface area contributed by atoms with Gasteiger partial charge in [-0.3, -0.25) is 0 Å². The molecule has 1 aromatic heterocycles. The molecular formula is C11H16ClNO. The molecule has 0 N–H and O–H groups in total. The summed E-state index contributed by atoms with van der Waals surface area (Å²) in [6.07, 6.45) is 9.71. The van der Waals surface area contributed by atoms with Gasteiger partial charge in [-0.15, -0.1) is 11.6 Å². The second-order valence-electron chi connectivity index (χ2n) is 4.06. The number of oxazole rings is 1. The van der Waals surface area contributed by atoms with Gasteiger partial charge >= 0.3 is 0 Å². The summed E-state index contributed by atoms with van der Waals surface area (Å²) in [5.41, 5.74) is 0. The fourth-order valence-corrected chi connectivity index (χ4v) is 2.30. The van der Waals surface area contributed by atoms with Gasteiger partial charge in [-0.05, 0) is 5.92 Å². The number of hydrogen-bond acceptors (Lipinski definition) is 2. The minimum atomic E-state index is 0.380. The summed E-state index contributed by atoms with van der Waals surface area (Å²) in [5.74, 6) is 2.84. The van der Waals surface area contributed by atoms with Crippen LogP contribution in [0.5, 0.6) is 0 Å². The van der Waals surface area contributed by atoms with E-state index in [4.69, 9.17) is 16.0 Å². The Balaban J connectivity index is 1.89. The lowest BCUT2D eigenvalue weighted by atomic mass is 9.86. The SMILES string of the molecule is ClCc1ncc(CC2CCCCC2)o1. The molecule has 1 aliphatic carbocycles. The fraction of sp³-hybridized carbons (Fsp3) is 0.727. The van der Waals surface area contributed by atoms with Crippen LogP contribution in [-0.4, -0.2) is 4.98 Å². The van der Waals surface area contributed by atoms with Gasteiger partial charge in [0.1, 0.15) is 5.76 Å². The zero-order valence-electron chi connectivity index (χ0n) is 8.34. The van der Waals surface area contributed by atoms with Crippen molar-refractivity contribution in [2.24, 2.45) is 5.92 Å². The highest BCUT2D eigenvalue weighted by Crippen LogP contribution is 2.27. The Morgan fingerprint density at radius 1 is 1.36 bits per heavy atom. The van der Waals surface area contributed by atoms with Crippen molar-refractivity contribution in [1.82, 2.24) is 4.98 Å². The van der Waals surface area contributed by atoms with Crippen LogP contribution in [-0.2, 0) is 12.3 Å². The van der Waals surface area contributed by atoms with Gasteiger partial charge in [-0.2, -0.15) is 0 Å². The Hall–Kier alpha value is -0.500. The predicted molar refractivity (Wildman–Crippen MR) is 56.3 cm³/mol. The van der Waals surface area contributed by atoms with E-state index < -0.39 is 0 Å². The lowest BCUT2D eigenvalue weighted by molar-refractivity contribution is 0.330. The summed E-state index contributed by atoms with van der Waals surface area (Å²) < 4.78 is 5.49. The topological polar surface area (TPSA) is 26.0 Å². The number of rotatable bonds is 3. The summed E-state index contributed by atoms with van der Waals surface area (Å²) >= 11 is 5.63. The quantitative estimate of drug-likeness (QED) is 0.718. The van der Waals surface area contributed by atoms with Crippen molar-refractivity contribution in [1.29, 1.82) is 0 Å². The van der Waals surface area contributed by atoms with Gasteiger partial charge in [-0.1, -0.05) is 32.1 Å². The number of nitrogens with zero attached hydrogens (tertiary/aromatic N) is 1. The lowest BCUT2D eigenvalue weighted by Gasteiger charge is -2.19. The molecule has 1 aliphatic rings. The zero-order chi connectivity index (χ0) is 9.80. The van der Waals surface area contributed by atoms with E-state index in [2.05, 4.69) is 4.98 Å². The van der Waals surface area contributed by atoms with Crippen LogP contribution >= 0.6 is 11.6 Å². The van der Waals surface area contributed by atoms with Gasteiger partial charge in [0.2, 0.25) is 5.89 Å². The van der Waals surface area contributed by atoms with Gasteiger partial charge in [0.25, 0.3) is 0 Å². The molecule has 0 unspecified atom stereocenters. The van der Waals surface area contributed by atoms with Gasteiger partial charge < -0.3 is 4.42 Å². The van der Waals surface area contributed by atoms with Crippen molar-refractivity contribution in [2.75, 3.05) is 0 Å². The van der Waals surface area contributed by atoms with Crippen molar-refractivity contribution in [3.8, 4) is 0 Å². The van der Waals surface area contributed by atoms with Crippen LogP contribution < -0.4 is 0 Å². The first-order valence-corrected chi connectivity index (χ1v) is 5.91. The maximum atomic E-state index is 5.63. The number of hydrogen-bond donors (Lipinski definition) is 0. The minimum absolute atomic E-state index is 0.380. The molecule has 0 amide bonds. The van der Waals surface area contributed by atoms with E-state index >= 15 is 0 Å². The molecule has 0 bridgehead atoms. The molecule has 3 heteroatoms. The van der Waals surface area contributed by atoms with Crippen LogP contribution in [0.1, 0.15) is 43.8 Å². The highest BCUT2D eigenvalue weighted by Gasteiger charge is 2.15. The first-order valence-electron chi connectivity index (χ1n) is 5.38. The van der Waals surface area contributed by atoms with Crippen LogP contribution in [0.2, 0.25) is 0 Å². The molecule has 0 saturated heterocycles. The molecule has 0 aliphatic heterocycles. The first-order chi connectivity index (χ1) is 6.88. The molecule has 0 radical (unpaired) electrons. The Kier molecular flexibility index (Phi) is 3.46. The molecule has 0 aromatic carbocycles. The fourth-order valence-electron chi connectivity index (χ4n) is 2.18. The van der Waals surface area contributed by atoms with Gasteiger partial charge in [0.05, 0.1) is 12.1 Å². The largest absolute Gasteiger partial charge is 0.444 e. The summed E-state index contributed by atoms with van der Waals surface area (Å²) in [7, 11) is 0. The van der Waals surface area contributed by atoms with E-state index in [1.54, 1.807) is 0 Å². The smallest absolute Gasteiger partial charge is 0.209 e. The maximum Gasteiger partial charge on any atom is 0.209 e. The number of halogens is 1. The molecule has 14 heavy (non-hydrogen) atoms. The standard InChI is InChI=1S/C11H16ClNO/c12-7-11-13-8-10(14-11)6-9-4-2-1-3-5-9/h8-9H,1-7H2. The molecule has 0 spiro atoms. The molecule has 1 aromatic rings. The van der Waals surface area contributed by atoms with Crippen LogP contribution in [0.25, 0.3) is 0 Å². The average Bonchev–Trinajstić information content (AvgIpc) is 2.67. The molecule has 1 heterocycles. The molecule has 1 fully saturated rings. The van der Waals surface area contributed by atoms with Crippen molar-refractivity contribution in [3.63, 3.8) is 0 Å². The summed E-state index contributed by atoms with van der Waals surface area (Å²) in [6.45, 7) is 0. The van der Waals surface area contributed by atoms with E-state index in [-0.39, 0.29) is 0 Å². The Morgan fingerprint density at radius 3 is 2.79 bits per heavy atom. The maximum absolute atomic E-state index is 5.63. The number of alkyl halides is 1. The second-order valence-corrected chi connectivity index (χ2v) is 4.33. The Morgan fingerprint density at radius 2 is 2.14 bits per heavy atom. The van der Waals surface area contributed by atoms with E-state index in [1.165, 1.54) is 32.1 Å². The van der Waals surface area contributed by atoms with Crippen molar-refractivity contribution < 1.29 is 4.42 Å². The summed E-state index contributed by atoms with van der Waals surface area (Å²) in [6, 6.07) is 0. The summed E-state index contributed by atoms with van der Waals surface area (Å²) in [4.78, 5) is 4.10. The average molecular weight is 214 g/mol. The normalized spacial score (nSPS) is 18.6. The molecule has 1 saturated carbocycles. The molecular weight excluding hydrogens is 198 g/mol. The molecule has 0 atom stereocenters. The van der Waals surface area contributed by atoms with Gasteiger partial charge in [0, 0.05) is 6.42 Å². The van der Waals surface area contributed by atoms with Crippen molar-refractivity contribution >= 4 is 11.6 Å². The van der Waals surface area contributed by atoms with E-state index in [9.17, 15) is 0 Å². The molecule has 2 rings (SSSR count). The van der Waals surface area contributed by atoms with Crippen LogP contribution in [0.4, 0.5) is 0 Å². The second kappa shape index (κ2) is 4.83. The van der Waals surface area contributed by atoms with Crippen LogP contribution in [0, 0.1) is 5.92 Å². The Bertz CT molecular complexity index is 279. The summed E-state index contributed by atoms with van der Waals surface area (Å²) in [5, 5.41) is 0. The third-order valence-electron chi connectivity index (χ3n) is 2.93. The third-order valence-corrected chi connectivity index (χ3v) is 3.16. The van der Waals surface area contributed by atoms with E-state index in [0.717, 1.165) is 18.1 Å². The molecule has 2 nitrogen and oxygen atoms in total. The molecule has 78 valence electrons. The van der Waals surface area contributed by atoms with Crippen molar-refractivity contribution in [2.45, 2.75) is 44.4 Å². The van der Waals surface area contributed by atoms with Crippen LogP contribution in [0.15, 0.2) is 10.6 Å². The third kappa shape index (κ3) is 2.50. The van der Waals surface area contributed by atoms with Crippen molar-refractivity contribution in [3.05, 3.63) is 17.8 Å².